The number of sulfonamides is 1. The minimum atomic E-state index is -3.01. The maximum atomic E-state index is 12.2. The van der Waals surface area contributed by atoms with Gasteiger partial charge >= 0.3 is 0 Å². The molecule has 0 aromatic carbocycles. The fraction of sp³-hybridized carbons (Fsp3) is 0.933. The molecule has 0 atom stereocenters. The van der Waals surface area contributed by atoms with Crippen molar-refractivity contribution in [3.05, 3.63) is 0 Å². The Balaban J connectivity index is 1.40. The third kappa shape index (κ3) is 3.59. The molecular formula is C15H26N2O3S. The number of nitrogens with one attached hydrogen (secondary N) is 1. The molecule has 0 spiro atoms. The molecule has 2 aliphatic carbocycles. The Labute approximate surface area is 127 Å². The van der Waals surface area contributed by atoms with Crippen molar-refractivity contribution in [2.24, 2.45) is 11.8 Å². The molecule has 3 rings (SSSR count). The highest BCUT2D eigenvalue weighted by Gasteiger charge is 2.41. The second-order valence-corrected chi connectivity index (χ2v) is 9.03. The van der Waals surface area contributed by atoms with Crippen LogP contribution in [0.3, 0.4) is 0 Å². The molecule has 21 heavy (non-hydrogen) atoms. The molecule has 3 fully saturated rings. The average molecular weight is 314 g/mol. The lowest BCUT2D eigenvalue weighted by Crippen LogP contribution is -2.43. The molecule has 0 aromatic heterocycles. The molecule has 1 aliphatic heterocycles. The number of amides is 1. The van der Waals surface area contributed by atoms with Crippen molar-refractivity contribution in [3.8, 4) is 0 Å². The summed E-state index contributed by atoms with van der Waals surface area (Å²) in [6, 6.07) is 0. The summed E-state index contributed by atoms with van der Waals surface area (Å²) in [5.74, 6) is 0.863. The first kappa shape index (κ1) is 15.3. The second kappa shape index (κ2) is 6.24. The van der Waals surface area contributed by atoms with Crippen LogP contribution in [0.1, 0.15) is 51.4 Å². The van der Waals surface area contributed by atoms with E-state index in [1.165, 1.54) is 12.8 Å². The Bertz CT molecular complexity index is 473. The zero-order chi connectivity index (χ0) is 14.9. The molecule has 0 bridgehead atoms. The van der Waals surface area contributed by atoms with Gasteiger partial charge in [0.1, 0.15) is 0 Å². The van der Waals surface area contributed by atoms with E-state index in [1.807, 2.05) is 0 Å². The van der Waals surface area contributed by atoms with Gasteiger partial charge in [0.15, 0.2) is 0 Å². The molecule has 1 saturated heterocycles. The van der Waals surface area contributed by atoms with E-state index >= 15 is 0 Å². The van der Waals surface area contributed by atoms with Gasteiger partial charge in [-0.15, -0.1) is 0 Å². The van der Waals surface area contributed by atoms with Gasteiger partial charge in [-0.3, -0.25) is 4.79 Å². The minimum absolute atomic E-state index is 0.101. The average Bonchev–Trinajstić information content (AvgIpc) is 3.22. The highest BCUT2D eigenvalue weighted by atomic mass is 32.2. The van der Waals surface area contributed by atoms with Crippen LogP contribution in [0.15, 0.2) is 0 Å². The first-order chi connectivity index (χ1) is 10.1. The van der Waals surface area contributed by atoms with Crippen LogP contribution in [-0.4, -0.2) is 43.5 Å². The third-order valence-electron chi connectivity index (χ3n) is 5.17. The Morgan fingerprint density at radius 2 is 1.62 bits per heavy atom. The fourth-order valence-corrected chi connectivity index (χ4v) is 5.40. The van der Waals surface area contributed by atoms with Crippen LogP contribution < -0.4 is 5.32 Å². The number of rotatable bonds is 5. The molecular weight excluding hydrogens is 288 g/mol. The van der Waals surface area contributed by atoms with Gasteiger partial charge in [0.25, 0.3) is 0 Å². The number of hydrogen-bond donors (Lipinski definition) is 1. The molecule has 120 valence electrons. The van der Waals surface area contributed by atoms with Crippen molar-refractivity contribution in [1.29, 1.82) is 0 Å². The van der Waals surface area contributed by atoms with Gasteiger partial charge in [0, 0.05) is 25.6 Å². The fourth-order valence-electron chi connectivity index (χ4n) is 3.52. The third-order valence-corrected chi connectivity index (χ3v) is 7.57. The molecule has 5 nitrogen and oxygen atoms in total. The zero-order valence-electron chi connectivity index (χ0n) is 12.6. The van der Waals surface area contributed by atoms with Crippen LogP contribution in [0.25, 0.3) is 0 Å². The monoisotopic (exact) mass is 314 g/mol. The normalized spacial score (nSPS) is 26.1. The van der Waals surface area contributed by atoms with Gasteiger partial charge in [0.2, 0.25) is 15.9 Å². The number of carbonyl (C=O) groups is 1. The van der Waals surface area contributed by atoms with Crippen molar-refractivity contribution < 1.29 is 13.2 Å². The van der Waals surface area contributed by atoms with Crippen LogP contribution in [0.5, 0.6) is 0 Å². The van der Waals surface area contributed by atoms with E-state index in [2.05, 4.69) is 5.32 Å². The highest BCUT2D eigenvalue weighted by Crippen LogP contribution is 2.33. The van der Waals surface area contributed by atoms with Crippen molar-refractivity contribution >= 4 is 15.9 Å². The summed E-state index contributed by atoms with van der Waals surface area (Å²) in [6.45, 7) is 1.97. The summed E-state index contributed by atoms with van der Waals surface area (Å²) in [5.41, 5.74) is 0. The summed E-state index contributed by atoms with van der Waals surface area (Å²) in [4.78, 5) is 12.0. The Hall–Kier alpha value is -0.620. The largest absolute Gasteiger partial charge is 0.356 e. The van der Waals surface area contributed by atoms with Gasteiger partial charge in [-0.05, 0) is 44.4 Å². The van der Waals surface area contributed by atoms with Gasteiger partial charge < -0.3 is 5.32 Å². The van der Waals surface area contributed by atoms with Crippen LogP contribution in [0.2, 0.25) is 0 Å². The van der Waals surface area contributed by atoms with Crippen molar-refractivity contribution in [2.45, 2.75) is 56.6 Å². The molecule has 3 aliphatic rings. The van der Waals surface area contributed by atoms with Gasteiger partial charge in [-0.25, -0.2) is 12.7 Å². The minimum Gasteiger partial charge on any atom is -0.356 e. The first-order valence-electron chi connectivity index (χ1n) is 8.34. The van der Waals surface area contributed by atoms with Crippen molar-refractivity contribution in [2.75, 3.05) is 19.6 Å². The molecule has 1 N–H and O–H groups in total. The van der Waals surface area contributed by atoms with E-state index in [4.69, 9.17) is 0 Å². The number of piperidine rings is 1. The predicted molar refractivity (Wildman–Crippen MR) is 81.2 cm³/mol. The predicted octanol–water partition coefficient (Wildman–Crippen LogP) is 1.50. The standard InChI is InChI=1S/C15H26N2O3S/c18-15(13-3-1-2-4-13)16-11-12-7-9-17(10-8-12)21(19,20)14-5-6-14/h12-14H,1-11H2,(H,16,18). The van der Waals surface area contributed by atoms with Crippen LogP contribution in [0.4, 0.5) is 0 Å². The summed E-state index contributed by atoms with van der Waals surface area (Å²) < 4.78 is 26.0. The van der Waals surface area contributed by atoms with Crippen molar-refractivity contribution in [1.82, 2.24) is 9.62 Å². The number of nitrogens with zero attached hydrogens (tertiary/aromatic N) is 1. The lowest BCUT2D eigenvalue weighted by atomic mass is 9.97. The maximum Gasteiger partial charge on any atom is 0.223 e. The zero-order valence-corrected chi connectivity index (χ0v) is 13.4. The molecule has 0 radical (unpaired) electrons. The summed E-state index contributed by atoms with van der Waals surface area (Å²) >= 11 is 0. The summed E-state index contributed by atoms with van der Waals surface area (Å²) in [7, 11) is -3.01. The SMILES string of the molecule is O=C(NCC1CCN(S(=O)(=O)C2CC2)CC1)C1CCCC1. The quantitative estimate of drug-likeness (QED) is 0.836. The Morgan fingerprint density at radius 3 is 2.19 bits per heavy atom. The van der Waals surface area contributed by atoms with Crippen LogP contribution >= 0.6 is 0 Å². The van der Waals surface area contributed by atoms with E-state index in [0.717, 1.165) is 38.5 Å². The molecule has 0 aromatic rings. The van der Waals surface area contributed by atoms with E-state index < -0.39 is 10.0 Å². The van der Waals surface area contributed by atoms with Crippen LogP contribution in [0, 0.1) is 11.8 Å². The lowest BCUT2D eigenvalue weighted by molar-refractivity contribution is -0.125. The molecule has 1 heterocycles. The smallest absolute Gasteiger partial charge is 0.223 e. The second-order valence-electron chi connectivity index (χ2n) is 6.81. The van der Waals surface area contributed by atoms with Gasteiger partial charge in [-0.2, -0.15) is 0 Å². The molecule has 0 unspecified atom stereocenters. The highest BCUT2D eigenvalue weighted by molar-refractivity contribution is 7.90. The Morgan fingerprint density at radius 1 is 1.00 bits per heavy atom. The van der Waals surface area contributed by atoms with Crippen LogP contribution in [-0.2, 0) is 14.8 Å². The van der Waals surface area contributed by atoms with E-state index in [1.54, 1.807) is 4.31 Å². The Kier molecular flexibility index (Phi) is 4.54. The van der Waals surface area contributed by atoms with E-state index in [9.17, 15) is 13.2 Å². The van der Waals surface area contributed by atoms with E-state index in [-0.39, 0.29) is 17.1 Å². The van der Waals surface area contributed by atoms with Crippen molar-refractivity contribution in [3.63, 3.8) is 0 Å². The lowest BCUT2D eigenvalue weighted by Gasteiger charge is -2.31. The number of carbonyl (C=O) groups excluding carboxylic acids is 1. The molecule has 1 amide bonds. The summed E-state index contributed by atoms with van der Waals surface area (Å²) in [5, 5.41) is 2.98. The topological polar surface area (TPSA) is 66.5 Å². The van der Waals surface area contributed by atoms with Gasteiger partial charge in [-0.1, -0.05) is 12.8 Å². The molecule has 6 heteroatoms. The van der Waals surface area contributed by atoms with Gasteiger partial charge in [0.05, 0.1) is 5.25 Å². The number of hydrogen-bond acceptors (Lipinski definition) is 3. The van der Waals surface area contributed by atoms with E-state index in [0.29, 0.717) is 25.6 Å². The molecule has 2 saturated carbocycles. The maximum absolute atomic E-state index is 12.2. The first-order valence-corrected chi connectivity index (χ1v) is 9.84. The summed E-state index contributed by atoms with van der Waals surface area (Å²) in [6.07, 6.45) is 7.83.